The highest BCUT2D eigenvalue weighted by Gasteiger charge is 2.30. The van der Waals surface area contributed by atoms with Crippen LogP contribution in [0.2, 0.25) is 0 Å². The predicted molar refractivity (Wildman–Crippen MR) is 113 cm³/mol. The number of aromatic hydroxyl groups is 2. The number of hydrogen-bond donors (Lipinski definition) is 3. The average Bonchev–Trinajstić information content (AvgIpc) is 3.19. The average molecular weight is 462 g/mol. The van der Waals surface area contributed by atoms with Crippen molar-refractivity contribution in [1.82, 2.24) is 5.32 Å². The fourth-order valence-corrected chi connectivity index (χ4v) is 3.67. The second-order valence-electron chi connectivity index (χ2n) is 6.05. The van der Waals surface area contributed by atoms with Crippen LogP contribution < -0.4 is 14.8 Å². The van der Waals surface area contributed by atoms with Gasteiger partial charge in [-0.1, -0.05) is 12.1 Å². The minimum Gasteiger partial charge on any atom is -0.508 e. The summed E-state index contributed by atoms with van der Waals surface area (Å²) < 4.78 is 16.2. The van der Waals surface area contributed by atoms with Gasteiger partial charge < -0.3 is 29.4 Å². The zero-order valence-corrected chi connectivity index (χ0v) is 17.7. The second-order valence-corrected chi connectivity index (χ2v) is 6.85. The molecule has 152 valence electrons. The fraction of sp³-hybridized carbons (Fsp3) is 0.190. The standard InChI is InChI=1S/C21H20BrNO6/c1-4-23-16(11-6-5-7-12(24)10-11)15(22)17(25)14-18(26)21(28-3)20-13(8-9-29-20)19(14)27-2/h5-10,23-24,26H,4H2,1-3H3/b16-15+. The number of phenols is 2. The lowest BCUT2D eigenvalue weighted by Gasteiger charge is -2.16. The van der Waals surface area contributed by atoms with Crippen LogP contribution in [0.25, 0.3) is 16.7 Å². The molecule has 3 rings (SSSR count). The molecule has 2 aromatic carbocycles. The Hall–Kier alpha value is -3.13. The van der Waals surface area contributed by atoms with Gasteiger partial charge in [-0.05, 0) is 41.1 Å². The molecule has 8 heteroatoms. The highest BCUT2D eigenvalue weighted by Crippen LogP contribution is 2.47. The molecule has 0 atom stereocenters. The number of carbonyl (C=O) groups excluding carboxylic acids is 1. The maximum Gasteiger partial charge on any atom is 0.209 e. The number of furan rings is 1. The van der Waals surface area contributed by atoms with Gasteiger partial charge in [0, 0.05) is 12.1 Å². The molecule has 0 saturated heterocycles. The first-order chi connectivity index (χ1) is 13.9. The monoisotopic (exact) mass is 461 g/mol. The third-order valence-corrected chi connectivity index (χ3v) is 5.09. The van der Waals surface area contributed by atoms with Crippen LogP contribution in [0.15, 0.2) is 45.5 Å². The van der Waals surface area contributed by atoms with E-state index in [1.54, 1.807) is 18.2 Å². The Morgan fingerprint density at radius 3 is 2.52 bits per heavy atom. The number of benzene rings is 2. The number of methoxy groups -OCH3 is 2. The zero-order valence-electron chi connectivity index (χ0n) is 16.1. The summed E-state index contributed by atoms with van der Waals surface area (Å²) in [7, 11) is 2.78. The largest absolute Gasteiger partial charge is 0.508 e. The maximum atomic E-state index is 13.4. The molecule has 3 aromatic rings. The van der Waals surface area contributed by atoms with Crippen molar-refractivity contribution in [3.63, 3.8) is 0 Å². The lowest BCUT2D eigenvalue weighted by molar-refractivity contribution is 0.103. The summed E-state index contributed by atoms with van der Waals surface area (Å²) in [5.74, 6) is -0.648. The van der Waals surface area contributed by atoms with Crippen molar-refractivity contribution in [2.45, 2.75) is 6.92 Å². The van der Waals surface area contributed by atoms with Gasteiger partial charge in [-0.25, -0.2) is 0 Å². The number of ketones is 1. The van der Waals surface area contributed by atoms with E-state index in [1.165, 1.54) is 32.6 Å². The number of Topliss-reactive ketones (excluding diaryl/α,β-unsaturated/α-hetero) is 1. The molecule has 1 heterocycles. The Kier molecular flexibility index (Phi) is 6.03. The zero-order chi connectivity index (χ0) is 21.1. The van der Waals surface area contributed by atoms with Gasteiger partial charge in [0.25, 0.3) is 0 Å². The summed E-state index contributed by atoms with van der Waals surface area (Å²) >= 11 is 3.36. The van der Waals surface area contributed by atoms with Crippen LogP contribution in [0.4, 0.5) is 0 Å². The molecule has 0 radical (unpaired) electrons. The van der Waals surface area contributed by atoms with Gasteiger partial charge >= 0.3 is 0 Å². The van der Waals surface area contributed by atoms with Crippen LogP contribution in [-0.4, -0.2) is 36.8 Å². The number of allylic oxidation sites excluding steroid dienone is 1. The number of rotatable bonds is 7. The van der Waals surface area contributed by atoms with E-state index in [0.717, 1.165) is 0 Å². The number of carbonyl (C=O) groups is 1. The molecule has 0 bridgehead atoms. The summed E-state index contributed by atoms with van der Waals surface area (Å²) in [4.78, 5) is 13.4. The van der Waals surface area contributed by atoms with E-state index in [-0.39, 0.29) is 38.6 Å². The van der Waals surface area contributed by atoms with Gasteiger partial charge in [0.2, 0.25) is 11.5 Å². The van der Waals surface area contributed by atoms with Gasteiger partial charge in [0.05, 0.1) is 36.0 Å². The minimum atomic E-state index is -0.528. The number of nitrogens with one attached hydrogen (secondary N) is 1. The number of phenolic OH excluding ortho intramolecular Hbond substituents is 2. The van der Waals surface area contributed by atoms with Crippen molar-refractivity contribution < 1.29 is 28.9 Å². The Balaban J connectivity index is 2.26. The summed E-state index contributed by atoms with van der Waals surface area (Å²) in [6.07, 6.45) is 1.42. The molecule has 1 aromatic heterocycles. The molecule has 0 spiro atoms. The van der Waals surface area contributed by atoms with E-state index in [2.05, 4.69) is 21.2 Å². The molecule has 7 nitrogen and oxygen atoms in total. The first-order valence-electron chi connectivity index (χ1n) is 8.76. The third-order valence-electron chi connectivity index (χ3n) is 4.34. The van der Waals surface area contributed by atoms with E-state index in [0.29, 0.717) is 23.2 Å². The Bertz CT molecular complexity index is 1100. The van der Waals surface area contributed by atoms with Gasteiger partial charge in [-0.2, -0.15) is 0 Å². The topological polar surface area (TPSA) is 101 Å². The lowest BCUT2D eigenvalue weighted by atomic mass is 10.0. The van der Waals surface area contributed by atoms with Crippen LogP contribution in [0.1, 0.15) is 22.8 Å². The number of fused-ring (bicyclic) bond motifs is 1. The van der Waals surface area contributed by atoms with Crippen LogP contribution in [0, 0.1) is 0 Å². The van der Waals surface area contributed by atoms with Gasteiger partial charge in [-0.3, -0.25) is 4.79 Å². The smallest absolute Gasteiger partial charge is 0.209 e. The maximum absolute atomic E-state index is 13.4. The SMILES string of the molecule is CCN/C(=C(/Br)C(=O)c1c(O)c(OC)c2occc2c1OC)c1cccc(O)c1. The first kappa shape index (κ1) is 20.6. The van der Waals surface area contributed by atoms with Crippen LogP contribution in [0.3, 0.4) is 0 Å². The molecular formula is C21H20BrNO6. The summed E-state index contributed by atoms with van der Waals surface area (Å²) in [5.41, 5.74) is 1.27. The highest BCUT2D eigenvalue weighted by molar-refractivity contribution is 9.12. The van der Waals surface area contributed by atoms with Gasteiger partial charge in [0.1, 0.15) is 17.1 Å². The van der Waals surface area contributed by atoms with Crippen molar-refractivity contribution in [2.24, 2.45) is 0 Å². The molecular weight excluding hydrogens is 442 g/mol. The van der Waals surface area contributed by atoms with E-state index in [9.17, 15) is 15.0 Å². The Morgan fingerprint density at radius 2 is 1.90 bits per heavy atom. The minimum absolute atomic E-state index is 0.0387. The van der Waals surface area contributed by atoms with Crippen LogP contribution in [-0.2, 0) is 0 Å². The quantitative estimate of drug-likeness (QED) is 0.353. The van der Waals surface area contributed by atoms with Crippen molar-refractivity contribution in [3.05, 3.63) is 52.2 Å². The molecule has 29 heavy (non-hydrogen) atoms. The number of hydrogen-bond acceptors (Lipinski definition) is 7. The van der Waals surface area contributed by atoms with Crippen molar-refractivity contribution in [2.75, 3.05) is 20.8 Å². The molecule has 0 amide bonds. The fourth-order valence-electron chi connectivity index (χ4n) is 3.11. The summed E-state index contributed by atoms with van der Waals surface area (Å²) in [5, 5.41) is 24.2. The van der Waals surface area contributed by atoms with Crippen molar-refractivity contribution >= 4 is 38.4 Å². The number of ether oxygens (including phenoxy) is 2. The van der Waals surface area contributed by atoms with Crippen molar-refractivity contribution in [1.29, 1.82) is 0 Å². The van der Waals surface area contributed by atoms with Gasteiger partial charge in [0.15, 0.2) is 11.3 Å². The van der Waals surface area contributed by atoms with Crippen LogP contribution >= 0.6 is 15.9 Å². The molecule has 3 N–H and O–H groups in total. The first-order valence-corrected chi connectivity index (χ1v) is 9.55. The molecule has 0 aliphatic heterocycles. The van der Waals surface area contributed by atoms with E-state index in [4.69, 9.17) is 13.9 Å². The normalized spacial score (nSPS) is 11.9. The number of halogens is 1. The molecule has 0 unspecified atom stereocenters. The lowest BCUT2D eigenvalue weighted by Crippen LogP contribution is -2.16. The predicted octanol–water partition coefficient (Wildman–Crippen LogP) is 4.42. The summed E-state index contributed by atoms with van der Waals surface area (Å²) in [6, 6.07) is 8.12. The van der Waals surface area contributed by atoms with Gasteiger partial charge in [-0.15, -0.1) is 0 Å². The molecule has 0 aliphatic rings. The molecule has 0 saturated carbocycles. The van der Waals surface area contributed by atoms with Crippen LogP contribution in [0.5, 0.6) is 23.0 Å². The van der Waals surface area contributed by atoms with E-state index < -0.39 is 5.78 Å². The second kappa shape index (κ2) is 8.48. The van der Waals surface area contributed by atoms with E-state index >= 15 is 0 Å². The highest BCUT2D eigenvalue weighted by atomic mass is 79.9. The summed E-state index contributed by atoms with van der Waals surface area (Å²) in [6.45, 7) is 2.41. The third kappa shape index (κ3) is 3.63. The Labute approximate surface area is 175 Å². The van der Waals surface area contributed by atoms with E-state index in [1.807, 2.05) is 6.92 Å². The molecule has 0 fully saturated rings. The van der Waals surface area contributed by atoms with Crippen molar-refractivity contribution in [3.8, 4) is 23.0 Å². The molecule has 0 aliphatic carbocycles. The Morgan fingerprint density at radius 1 is 1.17 bits per heavy atom.